The van der Waals surface area contributed by atoms with Crippen molar-refractivity contribution >= 4 is 27.7 Å². The van der Waals surface area contributed by atoms with Crippen LogP contribution in [0.1, 0.15) is 26.2 Å². The summed E-state index contributed by atoms with van der Waals surface area (Å²) in [5, 5.41) is 12.7. The summed E-state index contributed by atoms with van der Waals surface area (Å²) in [5.74, 6) is 1.09. The minimum atomic E-state index is -0.0969. The lowest BCUT2D eigenvalue weighted by atomic mass is 9.92. The van der Waals surface area contributed by atoms with E-state index in [4.69, 9.17) is 0 Å². The minimum absolute atomic E-state index is 0.0969. The van der Waals surface area contributed by atoms with E-state index in [0.717, 1.165) is 29.5 Å². The van der Waals surface area contributed by atoms with Gasteiger partial charge in [-0.15, -0.1) is 11.8 Å². The first-order valence-electron chi connectivity index (χ1n) is 6.34. The van der Waals surface area contributed by atoms with Gasteiger partial charge in [0.25, 0.3) is 0 Å². The Kier molecular flexibility index (Phi) is 7.30. The van der Waals surface area contributed by atoms with Crippen molar-refractivity contribution in [1.82, 2.24) is 5.32 Å². The average molecular weight is 332 g/mol. The normalized spacial score (nSPS) is 14.4. The van der Waals surface area contributed by atoms with Crippen LogP contribution in [-0.4, -0.2) is 30.1 Å². The fourth-order valence-corrected chi connectivity index (χ4v) is 3.00. The molecule has 0 aliphatic heterocycles. The summed E-state index contributed by atoms with van der Waals surface area (Å²) in [4.78, 5) is 1.30. The molecular formula is C14H22BrNOS. The lowest BCUT2D eigenvalue weighted by Gasteiger charge is -2.30. The van der Waals surface area contributed by atoms with Crippen LogP contribution in [0.4, 0.5) is 0 Å². The zero-order valence-corrected chi connectivity index (χ0v) is 13.5. The lowest BCUT2D eigenvalue weighted by Crippen LogP contribution is -2.45. The van der Waals surface area contributed by atoms with E-state index < -0.39 is 0 Å². The number of rotatable bonds is 8. The highest BCUT2D eigenvalue weighted by molar-refractivity contribution is 9.10. The molecule has 2 nitrogen and oxygen atoms in total. The molecule has 1 aromatic carbocycles. The molecule has 0 amide bonds. The third-order valence-corrected chi connectivity index (χ3v) is 5.02. The van der Waals surface area contributed by atoms with Crippen LogP contribution in [0, 0.1) is 0 Å². The Bertz CT molecular complexity index is 330. The van der Waals surface area contributed by atoms with E-state index in [1.54, 1.807) is 0 Å². The van der Waals surface area contributed by atoms with Crippen molar-refractivity contribution in [2.24, 2.45) is 0 Å². The predicted octanol–water partition coefficient (Wildman–Crippen LogP) is 3.68. The summed E-state index contributed by atoms with van der Waals surface area (Å²) < 4.78 is 1.12. The van der Waals surface area contributed by atoms with Gasteiger partial charge in [-0.05, 0) is 56.3 Å². The first-order chi connectivity index (χ1) is 8.65. The van der Waals surface area contributed by atoms with Gasteiger partial charge < -0.3 is 10.4 Å². The molecule has 1 aromatic rings. The maximum absolute atomic E-state index is 9.45. The highest BCUT2D eigenvalue weighted by Gasteiger charge is 2.23. The number of hydrogen-bond donors (Lipinski definition) is 2. The Morgan fingerprint density at radius 3 is 2.50 bits per heavy atom. The van der Waals surface area contributed by atoms with Gasteiger partial charge in [0.1, 0.15) is 0 Å². The molecule has 0 radical (unpaired) electrons. The van der Waals surface area contributed by atoms with Crippen LogP contribution in [0.3, 0.4) is 0 Å². The molecule has 0 bridgehead atoms. The van der Waals surface area contributed by atoms with E-state index in [1.165, 1.54) is 4.90 Å². The van der Waals surface area contributed by atoms with Crippen molar-refractivity contribution in [3.8, 4) is 0 Å². The molecule has 2 N–H and O–H groups in total. The molecular weight excluding hydrogens is 310 g/mol. The zero-order valence-electron chi connectivity index (χ0n) is 11.1. The second-order valence-corrected chi connectivity index (χ2v) is 6.53. The molecule has 0 saturated carbocycles. The molecule has 1 atom stereocenters. The van der Waals surface area contributed by atoms with Gasteiger partial charge in [-0.2, -0.15) is 0 Å². The third kappa shape index (κ3) is 4.92. The van der Waals surface area contributed by atoms with Crippen molar-refractivity contribution in [1.29, 1.82) is 0 Å². The topological polar surface area (TPSA) is 32.3 Å². The molecule has 0 spiro atoms. The third-order valence-electron chi connectivity index (χ3n) is 3.39. The minimum Gasteiger partial charge on any atom is -0.394 e. The summed E-state index contributed by atoms with van der Waals surface area (Å²) in [6.45, 7) is 2.33. The summed E-state index contributed by atoms with van der Waals surface area (Å²) in [5.41, 5.74) is -0.0969. The van der Waals surface area contributed by atoms with Gasteiger partial charge in [0, 0.05) is 14.9 Å². The molecule has 0 saturated heterocycles. The summed E-state index contributed by atoms with van der Waals surface area (Å²) in [6, 6.07) is 8.40. The first kappa shape index (κ1) is 16.0. The van der Waals surface area contributed by atoms with Crippen LogP contribution in [0.2, 0.25) is 0 Å². The summed E-state index contributed by atoms with van der Waals surface area (Å²) in [7, 11) is 1.93. The van der Waals surface area contributed by atoms with E-state index in [2.05, 4.69) is 52.4 Å². The Hall–Kier alpha value is -0.0300. The zero-order chi connectivity index (χ0) is 13.4. The molecule has 0 aromatic heterocycles. The Morgan fingerprint density at radius 1 is 1.33 bits per heavy atom. The second-order valence-electron chi connectivity index (χ2n) is 4.45. The molecule has 4 heteroatoms. The van der Waals surface area contributed by atoms with Crippen molar-refractivity contribution in [2.75, 3.05) is 19.4 Å². The number of benzene rings is 1. The maximum Gasteiger partial charge on any atom is 0.0613 e. The molecule has 0 aliphatic carbocycles. The lowest BCUT2D eigenvalue weighted by molar-refractivity contribution is 0.154. The van der Waals surface area contributed by atoms with Gasteiger partial charge in [-0.1, -0.05) is 22.9 Å². The summed E-state index contributed by atoms with van der Waals surface area (Å²) >= 11 is 5.31. The smallest absolute Gasteiger partial charge is 0.0613 e. The quantitative estimate of drug-likeness (QED) is 0.563. The van der Waals surface area contributed by atoms with Gasteiger partial charge >= 0.3 is 0 Å². The van der Waals surface area contributed by atoms with Crippen LogP contribution >= 0.6 is 27.7 Å². The van der Waals surface area contributed by atoms with E-state index in [9.17, 15) is 5.11 Å². The predicted molar refractivity (Wildman–Crippen MR) is 83.3 cm³/mol. The summed E-state index contributed by atoms with van der Waals surface area (Å²) in [6.07, 6.45) is 3.08. The van der Waals surface area contributed by atoms with E-state index in [0.29, 0.717) is 0 Å². The fraction of sp³-hybridized carbons (Fsp3) is 0.571. The number of thioether (sulfide) groups is 1. The monoisotopic (exact) mass is 331 g/mol. The standard InChI is InChI=1S/C14H22BrNOS/c1-3-14(11-17,16-2)9-4-10-18-13-7-5-12(15)6-8-13/h5-8,16-17H,3-4,9-11H2,1-2H3. The molecule has 18 heavy (non-hydrogen) atoms. The Labute approximate surface area is 123 Å². The highest BCUT2D eigenvalue weighted by Crippen LogP contribution is 2.24. The van der Waals surface area contributed by atoms with Gasteiger partial charge in [0.2, 0.25) is 0 Å². The molecule has 0 aliphatic rings. The maximum atomic E-state index is 9.45. The van der Waals surface area contributed by atoms with E-state index in [-0.39, 0.29) is 12.1 Å². The van der Waals surface area contributed by atoms with Crippen LogP contribution in [0.5, 0.6) is 0 Å². The number of aliphatic hydroxyl groups excluding tert-OH is 1. The van der Waals surface area contributed by atoms with Gasteiger partial charge in [-0.25, -0.2) is 0 Å². The largest absolute Gasteiger partial charge is 0.394 e. The molecule has 102 valence electrons. The van der Waals surface area contributed by atoms with Crippen LogP contribution in [0.15, 0.2) is 33.6 Å². The van der Waals surface area contributed by atoms with Crippen molar-refractivity contribution in [2.45, 2.75) is 36.6 Å². The van der Waals surface area contributed by atoms with E-state index >= 15 is 0 Å². The first-order valence-corrected chi connectivity index (χ1v) is 8.12. The second kappa shape index (κ2) is 8.20. The van der Waals surface area contributed by atoms with Gasteiger partial charge in [-0.3, -0.25) is 0 Å². The van der Waals surface area contributed by atoms with Gasteiger partial charge in [0.15, 0.2) is 0 Å². The highest BCUT2D eigenvalue weighted by atomic mass is 79.9. The van der Waals surface area contributed by atoms with Gasteiger partial charge in [0.05, 0.1) is 6.61 Å². The fourth-order valence-electron chi connectivity index (χ4n) is 1.88. The number of nitrogens with one attached hydrogen (secondary N) is 1. The van der Waals surface area contributed by atoms with E-state index in [1.807, 2.05) is 18.8 Å². The molecule has 0 fully saturated rings. The number of aliphatic hydroxyl groups is 1. The average Bonchev–Trinajstić information content (AvgIpc) is 2.42. The van der Waals surface area contributed by atoms with Crippen molar-refractivity contribution < 1.29 is 5.11 Å². The van der Waals surface area contributed by atoms with Crippen molar-refractivity contribution in [3.63, 3.8) is 0 Å². The Morgan fingerprint density at radius 2 is 2.00 bits per heavy atom. The number of hydrogen-bond acceptors (Lipinski definition) is 3. The SMILES string of the molecule is CCC(CO)(CCCSc1ccc(Br)cc1)NC. The Balaban J connectivity index is 2.31. The molecule has 1 unspecified atom stereocenters. The number of halogens is 1. The number of likely N-dealkylation sites (N-methyl/N-ethyl adjacent to an activating group) is 1. The van der Waals surface area contributed by atoms with Crippen LogP contribution in [-0.2, 0) is 0 Å². The van der Waals surface area contributed by atoms with Crippen molar-refractivity contribution in [3.05, 3.63) is 28.7 Å². The van der Waals surface area contributed by atoms with Crippen LogP contribution < -0.4 is 5.32 Å². The molecule has 0 heterocycles. The van der Waals surface area contributed by atoms with Crippen LogP contribution in [0.25, 0.3) is 0 Å². The molecule has 1 rings (SSSR count).